The lowest BCUT2D eigenvalue weighted by molar-refractivity contribution is 0.0599. The van der Waals surface area contributed by atoms with Gasteiger partial charge >= 0.3 is 0 Å². The molecule has 2 aliphatic rings. The molecule has 1 aromatic carbocycles. The lowest BCUT2D eigenvalue weighted by Crippen LogP contribution is -2.40. The zero-order valence-electron chi connectivity index (χ0n) is 19.3. The Labute approximate surface area is 195 Å². The summed E-state index contributed by atoms with van der Waals surface area (Å²) < 4.78 is 0. The number of hydrogen-bond acceptors (Lipinski definition) is 5. The first kappa shape index (κ1) is 21.6. The van der Waals surface area contributed by atoms with Crippen LogP contribution < -0.4 is 4.90 Å². The van der Waals surface area contributed by atoms with Crippen molar-refractivity contribution in [1.82, 2.24) is 19.9 Å². The molecule has 1 saturated heterocycles. The maximum Gasteiger partial charge on any atom is 0.254 e. The van der Waals surface area contributed by atoms with E-state index >= 15 is 0 Å². The number of piperidine rings is 1. The number of benzene rings is 1. The molecule has 0 aliphatic carbocycles. The average Bonchev–Trinajstić information content (AvgIpc) is 2.88. The fourth-order valence-corrected chi connectivity index (χ4v) is 5.09. The van der Waals surface area contributed by atoms with Crippen LogP contribution in [0, 0.1) is 6.92 Å². The topological polar surface area (TPSA) is 62.2 Å². The molecule has 0 saturated carbocycles. The highest BCUT2D eigenvalue weighted by molar-refractivity contribution is 5.94. The first-order valence-electron chi connectivity index (χ1n) is 12.1. The molecule has 170 valence electrons. The average molecular weight is 442 g/mol. The Bertz CT molecular complexity index is 1100. The van der Waals surface area contributed by atoms with Crippen molar-refractivity contribution in [3.8, 4) is 0 Å². The van der Waals surface area contributed by atoms with Gasteiger partial charge in [-0.15, -0.1) is 0 Å². The van der Waals surface area contributed by atoms with E-state index in [0.29, 0.717) is 5.56 Å². The van der Waals surface area contributed by atoms with Gasteiger partial charge in [-0.3, -0.25) is 9.78 Å². The quantitative estimate of drug-likeness (QED) is 0.582. The normalized spacial score (nSPS) is 18.2. The minimum Gasteiger partial charge on any atom is -0.356 e. The van der Waals surface area contributed by atoms with Gasteiger partial charge in [-0.25, -0.2) is 9.97 Å². The van der Waals surface area contributed by atoms with E-state index in [1.807, 2.05) is 4.90 Å². The second-order valence-electron chi connectivity index (χ2n) is 9.04. The van der Waals surface area contributed by atoms with Gasteiger partial charge in [-0.2, -0.15) is 0 Å². The summed E-state index contributed by atoms with van der Waals surface area (Å²) in [6.07, 6.45) is 9.50. The molecule has 3 aromatic rings. The van der Waals surface area contributed by atoms with Crippen molar-refractivity contribution in [3.05, 3.63) is 83.1 Å². The van der Waals surface area contributed by atoms with Crippen LogP contribution in [0.4, 0.5) is 5.82 Å². The summed E-state index contributed by atoms with van der Waals surface area (Å²) in [7, 11) is 0. The van der Waals surface area contributed by atoms with E-state index in [0.717, 1.165) is 75.5 Å². The molecule has 1 amide bonds. The molecule has 2 aliphatic heterocycles. The highest BCUT2D eigenvalue weighted by atomic mass is 16.2. The van der Waals surface area contributed by atoms with Crippen LogP contribution in [0.2, 0.25) is 0 Å². The third kappa shape index (κ3) is 4.61. The second kappa shape index (κ2) is 9.69. The Kier molecular flexibility index (Phi) is 6.33. The van der Waals surface area contributed by atoms with E-state index in [1.54, 1.807) is 24.5 Å². The lowest BCUT2D eigenvalue weighted by Gasteiger charge is -2.37. The summed E-state index contributed by atoms with van der Waals surface area (Å²) in [5, 5.41) is 0. The number of carbonyl (C=O) groups excluding carboxylic acids is 1. The molecule has 33 heavy (non-hydrogen) atoms. The van der Waals surface area contributed by atoms with Crippen LogP contribution in [-0.2, 0) is 12.8 Å². The van der Waals surface area contributed by atoms with E-state index in [-0.39, 0.29) is 11.9 Å². The summed E-state index contributed by atoms with van der Waals surface area (Å²) in [6, 6.07) is 14.1. The molecule has 0 unspecified atom stereocenters. The van der Waals surface area contributed by atoms with Gasteiger partial charge in [0.25, 0.3) is 5.91 Å². The Morgan fingerprint density at radius 1 is 1.00 bits per heavy atom. The summed E-state index contributed by atoms with van der Waals surface area (Å²) in [6.45, 7) is 4.79. The number of aryl methyl sites for hydroxylation is 1. The van der Waals surface area contributed by atoms with Gasteiger partial charge < -0.3 is 9.80 Å². The molecule has 0 radical (unpaired) electrons. The fraction of sp³-hybridized carbons (Fsp3) is 0.407. The number of carbonyl (C=O) groups is 1. The van der Waals surface area contributed by atoms with Crippen LogP contribution in [0.25, 0.3) is 0 Å². The lowest BCUT2D eigenvalue weighted by atomic mass is 9.98. The maximum absolute atomic E-state index is 13.3. The number of nitrogens with zero attached hydrogens (tertiary/aromatic N) is 5. The summed E-state index contributed by atoms with van der Waals surface area (Å²) in [5.41, 5.74) is 4.34. The van der Waals surface area contributed by atoms with Gasteiger partial charge in [0, 0.05) is 48.8 Å². The molecule has 0 spiro atoms. The predicted molar refractivity (Wildman–Crippen MR) is 129 cm³/mol. The van der Waals surface area contributed by atoms with Gasteiger partial charge in [0.1, 0.15) is 5.82 Å². The third-order valence-corrected chi connectivity index (χ3v) is 6.87. The van der Waals surface area contributed by atoms with E-state index in [1.165, 1.54) is 11.1 Å². The SMILES string of the molecule is Cc1nc([C@@H]2CCCCN2C(=O)c2ccncc2)nc2c1CCCN2CCc1ccccc1. The van der Waals surface area contributed by atoms with Gasteiger partial charge in [0.2, 0.25) is 0 Å². The van der Waals surface area contributed by atoms with Gasteiger partial charge in [0.15, 0.2) is 5.82 Å². The van der Waals surface area contributed by atoms with Crippen LogP contribution in [0.3, 0.4) is 0 Å². The summed E-state index contributed by atoms with van der Waals surface area (Å²) in [5.74, 6) is 1.91. The van der Waals surface area contributed by atoms with E-state index in [4.69, 9.17) is 9.97 Å². The highest BCUT2D eigenvalue weighted by Gasteiger charge is 2.32. The minimum absolute atomic E-state index is 0.0435. The van der Waals surface area contributed by atoms with Crippen molar-refractivity contribution in [2.45, 2.75) is 51.5 Å². The minimum atomic E-state index is -0.0821. The number of aromatic nitrogens is 3. The smallest absolute Gasteiger partial charge is 0.254 e. The zero-order valence-corrected chi connectivity index (χ0v) is 19.3. The van der Waals surface area contributed by atoms with Crippen LogP contribution in [0.1, 0.15) is 64.7 Å². The molecule has 6 heteroatoms. The maximum atomic E-state index is 13.3. The van der Waals surface area contributed by atoms with Crippen LogP contribution >= 0.6 is 0 Å². The number of fused-ring (bicyclic) bond motifs is 1. The van der Waals surface area contributed by atoms with Crippen molar-refractivity contribution < 1.29 is 4.79 Å². The van der Waals surface area contributed by atoms with Crippen molar-refractivity contribution in [1.29, 1.82) is 0 Å². The monoisotopic (exact) mass is 441 g/mol. The van der Waals surface area contributed by atoms with Gasteiger partial charge in [0.05, 0.1) is 6.04 Å². The molecular weight excluding hydrogens is 410 g/mol. The van der Waals surface area contributed by atoms with Crippen LogP contribution in [-0.4, -0.2) is 45.4 Å². The van der Waals surface area contributed by atoms with Crippen molar-refractivity contribution in [2.75, 3.05) is 24.5 Å². The Hall–Kier alpha value is -3.28. The fourth-order valence-electron chi connectivity index (χ4n) is 5.09. The molecule has 1 fully saturated rings. The molecular formula is C27H31N5O. The predicted octanol–water partition coefficient (Wildman–Crippen LogP) is 4.54. The summed E-state index contributed by atoms with van der Waals surface area (Å²) in [4.78, 5) is 31.8. The van der Waals surface area contributed by atoms with Crippen molar-refractivity contribution in [3.63, 3.8) is 0 Å². The van der Waals surface area contributed by atoms with Crippen molar-refractivity contribution >= 4 is 11.7 Å². The number of likely N-dealkylation sites (tertiary alicyclic amines) is 1. The zero-order chi connectivity index (χ0) is 22.6. The largest absolute Gasteiger partial charge is 0.356 e. The number of anilines is 1. The first-order valence-corrected chi connectivity index (χ1v) is 12.1. The Morgan fingerprint density at radius 3 is 2.64 bits per heavy atom. The third-order valence-electron chi connectivity index (χ3n) is 6.87. The Morgan fingerprint density at radius 2 is 1.82 bits per heavy atom. The molecule has 0 N–H and O–H groups in total. The molecule has 6 nitrogen and oxygen atoms in total. The van der Waals surface area contributed by atoms with E-state index in [2.05, 4.69) is 47.1 Å². The standard InChI is InChI=1S/C27H31N5O/c1-20-23-10-7-17-31(19-14-21-8-3-2-4-9-21)26(23)30-25(29-20)24-11-5-6-18-32(24)27(33)22-12-15-28-16-13-22/h2-4,8-9,12-13,15-16,24H,5-7,10-11,14,17-19H2,1H3/t24-/m0/s1. The number of hydrogen-bond donors (Lipinski definition) is 0. The molecule has 2 aromatic heterocycles. The highest BCUT2D eigenvalue weighted by Crippen LogP contribution is 2.34. The van der Waals surface area contributed by atoms with Crippen molar-refractivity contribution in [2.24, 2.45) is 0 Å². The first-order chi connectivity index (χ1) is 16.2. The summed E-state index contributed by atoms with van der Waals surface area (Å²) >= 11 is 0. The van der Waals surface area contributed by atoms with Crippen LogP contribution in [0.15, 0.2) is 54.9 Å². The number of rotatable bonds is 5. The van der Waals surface area contributed by atoms with Gasteiger partial charge in [-0.05, 0) is 63.1 Å². The van der Waals surface area contributed by atoms with E-state index in [9.17, 15) is 4.79 Å². The molecule has 1 atom stereocenters. The second-order valence-corrected chi connectivity index (χ2v) is 9.04. The molecule has 5 rings (SSSR count). The molecule has 0 bridgehead atoms. The van der Waals surface area contributed by atoms with Crippen LogP contribution in [0.5, 0.6) is 0 Å². The molecule has 4 heterocycles. The number of pyridine rings is 1. The van der Waals surface area contributed by atoms with E-state index < -0.39 is 0 Å². The Balaban J connectivity index is 1.43. The number of amides is 1. The van der Waals surface area contributed by atoms with Gasteiger partial charge in [-0.1, -0.05) is 30.3 Å².